The smallest absolute Gasteiger partial charge is 0.254 e. The highest BCUT2D eigenvalue weighted by atomic mass is 16.5. The molecule has 1 aliphatic rings. The molecule has 0 aliphatic carbocycles. The molecule has 1 aliphatic heterocycles. The van der Waals surface area contributed by atoms with E-state index in [1.807, 2.05) is 37.2 Å². The van der Waals surface area contributed by atoms with E-state index in [9.17, 15) is 9.59 Å². The van der Waals surface area contributed by atoms with Crippen LogP contribution in [0.3, 0.4) is 0 Å². The molecular weight excluding hydrogens is 368 g/mol. The highest BCUT2D eigenvalue weighted by Crippen LogP contribution is 2.26. The van der Waals surface area contributed by atoms with E-state index in [-0.39, 0.29) is 11.7 Å². The number of rotatable bonds is 6. The summed E-state index contributed by atoms with van der Waals surface area (Å²) in [6.45, 7) is 2.15. The monoisotopic (exact) mass is 394 g/mol. The van der Waals surface area contributed by atoms with Crippen molar-refractivity contribution in [2.24, 2.45) is 0 Å². The molecule has 0 spiro atoms. The molecule has 6 nitrogen and oxygen atoms in total. The minimum Gasteiger partial charge on any atom is -0.497 e. The van der Waals surface area contributed by atoms with Crippen LogP contribution in [0.2, 0.25) is 0 Å². The van der Waals surface area contributed by atoms with E-state index >= 15 is 0 Å². The van der Waals surface area contributed by atoms with E-state index in [1.165, 1.54) is 0 Å². The molecule has 0 saturated carbocycles. The van der Waals surface area contributed by atoms with Crippen LogP contribution in [0.4, 0.5) is 0 Å². The summed E-state index contributed by atoms with van der Waals surface area (Å²) in [5.74, 6) is 0.447. The number of methoxy groups -OCH3 is 1. The molecule has 1 heterocycles. The van der Waals surface area contributed by atoms with Gasteiger partial charge in [0.05, 0.1) is 20.3 Å². The second-order valence-electron chi connectivity index (χ2n) is 7.01. The number of morpholine rings is 1. The Bertz CT molecular complexity index is 897. The van der Waals surface area contributed by atoms with Gasteiger partial charge in [-0.3, -0.25) is 9.59 Å². The number of amides is 1. The second kappa shape index (κ2) is 9.39. The summed E-state index contributed by atoms with van der Waals surface area (Å²) in [5, 5.41) is 0. The number of carbonyl (C=O) groups is 2. The number of carbonyl (C=O) groups excluding carboxylic acids is 2. The summed E-state index contributed by atoms with van der Waals surface area (Å²) in [6, 6.07) is 14.2. The molecule has 2 aromatic rings. The van der Waals surface area contributed by atoms with E-state index in [0.29, 0.717) is 54.3 Å². The third kappa shape index (κ3) is 4.84. The summed E-state index contributed by atoms with van der Waals surface area (Å²) in [4.78, 5) is 30.1. The number of hydrogen-bond acceptors (Lipinski definition) is 5. The Morgan fingerprint density at radius 3 is 2.21 bits per heavy atom. The lowest BCUT2D eigenvalue weighted by atomic mass is 9.93. The zero-order chi connectivity index (χ0) is 20.8. The van der Waals surface area contributed by atoms with Crippen LogP contribution >= 0.6 is 0 Å². The average Bonchev–Trinajstić information content (AvgIpc) is 2.77. The fourth-order valence-electron chi connectivity index (χ4n) is 3.25. The van der Waals surface area contributed by atoms with Gasteiger partial charge in [-0.2, -0.15) is 0 Å². The fourth-order valence-corrected chi connectivity index (χ4v) is 3.25. The van der Waals surface area contributed by atoms with Crippen molar-refractivity contribution in [2.75, 3.05) is 47.5 Å². The van der Waals surface area contributed by atoms with Crippen LogP contribution < -0.4 is 4.74 Å². The molecule has 29 heavy (non-hydrogen) atoms. The third-order valence-corrected chi connectivity index (χ3v) is 4.73. The number of allylic oxidation sites excluding steroid dienone is 1. The highest BCUT2D eigenvalue weighted by Gasteiger charge is 2.25. The molecule has 3 rings (SSSR count). The zero-order valence-electron chi connectivity index (χ0n) is 17.1. The molecule has 1 saturated heterocycles. The first kappa shape index (κ1) is 20.6. The molecule has 0 atom stereocenters. The Kier molecular flexibility index (Phi) is 6.67. The highest BCUT2D eigenvalue weighted by molar-refractivity contribution is 6.30. The van der Waals surface area contributed by atoms with Crippen LogP contribution in [0, 0.1) is 0 Å². The van der Waals surface area contributed by atoms with Crippen molar-refractivity contribution in [3.8, 4) is 5.75 Å². The number of ether oxygens (including phenoxy) is 2. The molecule has 0 aromatic heterocycles. The molecule has 1 amide bonds. The second-order valence-corrected chi connectivity index (χ2v) is 7.01. The van der Waals surface area contributed by atoms with E-state index < -0.39 is 0 Å². The topological polar surface area (TPSA) is 59.1 Å². The number of ketones is 1. The van der Waals surface area contributed by atoms with Crippen LogP contribution in [-0.2, 0) is 4.74 Å². The summed E-state index contributed by atoms with van der Waals surface area (Å²) in [6.07, 6.45) is 1.76. The Morgan fingerprint density at radius 2 is 1.62 bits per heavy atom. The minimum absolute atomic E-state index is 0.0870. The molecule has 2 aromatic carbocycles. The third-order valence-electron chi connectivity index (χ3n) is 4.73. The van der Waals surface area contributed by atoms with Gasteiger partial charge in [-0.05, 0) is 35.9 Å². The Balaban J connectivity index is 2.01. The van der Waals surface area contributed by atoms with Crippen molar-refractivity contribution in [1.29, 1.82) is 0 Å². The zero-order valence-corrected chi connectivity index (χ0v) is 17.1. The van der Waals surface area contributed by atoms with Gasteiger partial charge in [0.15, 0.2) is 5.78 Å². The standard InChI is InChI=1S/C23H26N2O4/c1-24(2)16-21(22(26)17-8-10-18(28-3)11-9-17)19-6-4-5-7-20(19)23(27)25-12-14-29-15-13-25/h4-11,16H,12-15H2,1-3H3/b21-16-. The lowest BCUT2D eigenvalue weighted by Crippen LogP contribution is -2.41. The van der Waals surface area contributed by atoms with Crippen LogP contribution in [-0.4, -0.2) is 69.0 Å². The van der Waals surface area contributed by atoms with Crippen molar-refractivity contribution >= 4 is 17.3 Å². The SMILES string of the molecule is COc1ccc(C(=O)/C(=C\N(C)C)c2ccccc2C(=O)N2CCOCC2)cc1. The molecule has 152 valence electrons. The predicted octanol–water partition coefficient (Wildman–Crippen LogP) is 2.95. The van der Waals surface area contributed by atoms with Gasteiger partial charge < -0.3 is 19.3 Å². The number of nitrogens with zero attached hydrogens (tertiary/aromatic N) is 2. The minimum atomic E-state index is -0.149. The van der Waals surface area contributed by atoms with Crippen molar-refractivity contribution < 1.29 is 19.1 Å². The van der Waals surface area contributed by atoms with Gasteiger partial charge in [0.25, 0.3) is 5.91 Å². The van der Waals surface area contributed by atoms with Crippen LogP contribution in [0.25, 0.3) is 5.57 Å². The predicted molar refractivity (Wildman–Crippen MR) is 112 cm³/mol. The molecule has 0 N–H and O–H groups in total. The molecule has 0 bridgehead atoms. The van der Waals surface area contributed by atoms with Crippen molar-refractivity contribution in [2.45, 2.75) is 0 Å². The van der Waals surface area contributed by atoms with Crippen LogP contribution in [0.1, 0.15) is 26.3 Å². The summed E-state index contributed by atoms with van der Waals surface area (Å²) in [5.41, 5.74) is 2.15. The number of benzene rings is 2. The normalized spacial score (nSPS) is 14.4. The first-order chi connectivity index (χ1) is 14.0. The Labute approximate surface area is 171 Å². The van der Waals surface area contributed by atoms with Gasteiger partial charge in [-0.15, -0.1) is 0 Å². The molecule has 1 fully saturated rings. The maximum atomic E-state index is 13.4. The first-order valence-electron chi connectivity index (χ1n) is 9.54. The largest absolute Gasteiger partial charge is 0.497 e. The Morgan fingerprint density at radius 1 is 1.00 bits per heavy atom. The lowest BCUT2D eigenvalue weighted by molar-refractivity contribution is 0.0302. The van der Waals surface area contributed by atoms with E-state index in [2.05, 4.69) is 0 Å². The number of hydrogen-bond donors (Lipinski definition) is 0. The van der Waals surface area contributed by atoms with Gasteiger partial charge in [0.1, 0.15) is 5.75 Å². The Hall–Kier alpha value is -3.12. The maximum absolute atomic E-state index is 13.4. The summed E-state index contributed by atoms with van der Waals surface area (Å²) < 4.78 is 10.5. The van der Waals surface area contributed by atoms with Crippen molar-refractivity contribution in [1.82, 2.24) is 9.80 Å². The van der Waals surface area contributed by atoms with Crippen LogP contribution in [0.15, 0.2) is 54.7 Å². The molecule has 0 unspecified atom stereocenters. The van der Waals surface area contributed by atoms with E-state index in [0.717, 1.165) is 0 Å². The van der Waals surface area contributed by atoms with Gasteiger partial charge in [0.2, 0.25) is 0 Å². The molecule has 0 radical (unpaired) electrons. The lowest BCUT2D eigenvalue weighted by Gasteiger charge is -2.28. The van der Waals surface area contributed by atoms with Gasteiger partial charge >= 0.3 is 0 Å². The first-order valence-corrected chi connectivity index (χ1v) is 9.54. The van der Waals surface area contributed by atoms with Crippen molar-refractivity contribution in [3.05, 3.63) is 71.4 Å². The van der Waals surface area contributed by atoms with Crippen molar-refractivity contribution in [3.63, 3.8) is 0 Å². The summed E-state index contributed by atoms with van der Waals surface area (Å²) in [7, 11) is 5.29. The fraction of sp³-hybridized carbons (Fsp3) is 0.304. The van der Waals surface area contributed by atoms with E-state index in [4.69, 9.17) is 9.47 Å². The van der Waals surface area contributed by atoms with Crippen LogP contribution in [0.5, 0.6) is 5.75 Å². The maximum Gasteiger partial charge on any atom is 0.254 e. The molecule has 6 heteroatoms. The summed E-state index contributed by atoms with van der Waals surface area (Å²) >= 11 is 0. The van der Waals surface area contributed by atoms with Gasteiger partial charge in [-0.1, -0.05) is 18.2 Å². The van der Waals surface area contributed by atoms with Gasteiger partial charge in [0, 0.05) is 50.1 Å². The average molecular weight is 394 g/mol. The van der Waals surface area contributed by atoms with E-state index in [1.54, 1.807) is 48.5 Å². The number of Topliss-reactive ketones (excluding diaryl/α,β-unsaturated/α-hetero) is 1. The van der Waals surface area contributed by atoms with Gasteiger partial charge in [-0.25, -0.2) is 0 Å². The molecular formula is C23H26N2O4. The quantitative estimate of drug-likeness (QED) is 0.557.